The molecular formula is C18H19NO4. The van der Waals surface area contributed by atoms with Gasteiger partial charge in [-0.25, -0.2) is 0 Å². The third kappa shape index (κ3) is 3.74. The van der Waals surface area contributed by atoms with E-state index in [0.717, 1.165) is 22.3 Å². The van der Waals surface area contributed by atoms with Crippen molar-refractivity contribution in [3.63, 3.8) is 0 Å². The smallest absolute Gasteiger partial charge is 0.311 e. The van der Waals surface area contributed by atoms with Gasteiger partial charge in [0.1, 0.15) is 0 Å². The van der Waals surface area contributed by atoms with Crippen LogP contribution in [-0.4, -0.2) is 17.3 Å². The average molecular weight is 313 g/mol. The second kappa shape index (κ2) is 6.60. The second-order valence-corrected chi connectivity index (χ2v) is 5.69. The monoisotopic (exact) mass is 313 g/mol. The molecule has 0 saturated heterocycles. The van der Waals surface area contributed by atoms with Crippen LogP contribution < -0.4 is 4.74 Å². The molecule has 0 saturated carbocycles. The molecule has 0 N–H and O–H groups in total. The van der Waals surface area contributed by atoms with E-state index in [-0.39, 0.29) is 23.8 Å². The summed E-state index contributed by atoms with van der Waals surface area (Å²) in [6.07, 6.45) is 0. The molecule has 0 unspecified atom stereocenters. The van der Waals surface area contributed by atoms with Crippen LogP contribution >= 0.6 is 0 Å². The Hall–Kier alpha value is -2.69. The van der Waals surface area contributed by atoms with Crippen LogP contribution in [0.15, 0.2) is 30.3 Å². The van der Waals surface area contributed by atoms with Crippen LogP contribution in [0.3, 0.4) is 0 Å². The number of nitro groups is 1. The lowest BCUT2D eigenvalue weighted by Crippen LogP contribution is -2.14. The largest absolute Gasteiger partial charge is 0.478 e. The minimum absolute atomic E-state index is 0.107. The van der Waals surface area contributed by atoms with Crippen molar-refractivity contribution in [2.45, 2.75) is 27.7 Å². The summed E-state index contributed by atoms with van der Waals surface area (Å²) in [5, 5.41) is 11.1. The van der Waals surface area contributed by atoms with Crippen molar-refractivity contribution in [1.82, 2.24) is 0 Å². The number of rotatable bonds is 5. The molecule has 120 valence electrons. The summed E-state index contributed by atoms with van der Waals surface area (Å²) in [6, 6.07) is 8.46. The Morgan fingerprint density at radius 1 is 1.04 bits per heavy atom. The number of carbonyl (C=O) groups excluding carboxylic acids is 1. The molecule has 0 radical (unpaired) electrons. The van der Waals surface area contributed by atoms with Gasteiger partial charge in [0.25, 0.3) is 0 Å². The molecule has 23 heavy (non-hydrogen) atoms. The molecule has 5 heteroatoms. The highest BCUT2D eigenvalue weighted by atomic mass is 16.6. The van der Waals surface area contributed by atoms with E-state index in [9.17, 15) is 14.9 Å². The molecular weight excluding hydrogens is 294 g/mol. The van der Waals surface area contributed by atoms with Gasteiger partial charge in [0, 0.05) is 11.6 Å². The molecule has 0 bridgehead atoms. The maximum absolute atomic E-state index is 12.4. The SMILES string of the molecule is Cc1ccc(OCC(=O)c2cc(C)c(C)cc2C)c([N+](=O)[O-])c1. The standard InChI is InChI=1S/C18H19NO4/c1-11-5-6-18(16(7-11)19(21)22)23-10-17(20)15-9-13(3)12(2)8-14(15)4/h5-9H,10H2,1-4H3. The number of ether oxygens (including phenoxy) is 1. The van der Waals surface area contributed by atoms with Crippen molar-refractivity contribution in [2.24, 2.45) is 0 Å². The number of hydrogen-bond acceptors (Lipinski definition) is 4. The average Bonchev–Trinajstić information content (AvgIpc) is 2.49. The number of benzene rings is 2. The van der Waals surface area contributed by atoms with Crippen LogP contribution in [0.4, 0.5) is 5.69 Å². The fourth-order valence-corrected chi connectivity index (χ4v) is 2.37. The summed E-state index contributed by atoms with van der Waals surface area (Å²) < 4.78 is 5.40. The number of carbonyl (C=O) groups is 1. The van der Waals surface area contributed by atoms with Gasteiger partial charge in [-0.1, -0.05) is 12.1 Å². The van der Waals surface area contributed by atoms with Crippen molar-refractivity contribution in [3.8, 4) is 5.75 Å². The highest BCUT2D eigenvalue weighted by Gasteiger charge is 2.17. The molecule has 0 amide bonds. The first-order valence-electron chi connectivity index (χ1n) is 7.28. The van der Waals surface area contributed by atoms with Gasteiger partial charge in [-0.15, -0.1) is 0 Å². The molecule has 0 fully saturated rings. The topological polar surface area (TPSA) is 69.4 Å². The Bertz CT molecular complexity index is 781. The molecule has 0 heterocycles. The summed E-state index contributed by atoms with van der Waals surface area (Å²) in [5.41, 5.74) is 4.24. The predicted molar refractivity (Wildman–Crippen MR) is 88.3 cm³/mol. The molecule has 2 aromatic rings. The van der Waals surface area contributed by atoms with E-state index in [1.165, 1.54) is 12.1 Å². The Balaban J connectivity index is 2.20. The summed E-state index contributed by atoms with van der Waals surface area (Å²) in [6.45, 7) is 7.33. The minimum Gasteiger partial charge on any atom is -0.478 e. The molecule has 5 nitrogen and oxygen atoms in total. The van der Waals surface area contributed by atoms with E-state index in [1.807, 2.05) is 32.9 Å². The van der Waals surface area contributed by atoms with Crippen molar-refractivity contribution in [1.29, 1.82) is 0 Å². The number of nitro benzene ring substituents is 1. The fourth-order valence-electron chi connectivity index (χ4n) is 2.37. The van der Waals surface area contributed by atoms with Gasteiger partial charge in [0.2, 0.25) is 0 Å². The summed E-state index contributed by atoms with van der Waals surface area (Å²) in [5.74, 6) is -0.0871. The predicted octanol–water partition coefficient (Wildman–Crippen LogP) is 4.09. The van der Waals surface area contributed by atoms with Crippen LogP contribution in [-0.2, 0) is 0 Å². The Labute approximate surface area is 135 Å². The van der Waals surface area contributed by atoms with E-state index < -0.39 is 4.92 Å². The van der Waals surface area contributed by atoms with Crippen LogP contribution in [0.5, 0.6) is 5.75 Å². The summed E-state index contributed by atoms with van der Waals surface area (Å²) in [7, 11) is 0. The first kappa shape index (κ1) is 16.7. The molecule has 0 aliphatic heterocycles. The third-order valence-corrected chi connectivity index (χ3v) is 3.81. The Morgan fingerprint density at radius 3 is 2.35 bits per heavy atom. The van der Waals surface area contributed by atoms with Gasteiger partial charge in [-0.3, -0.25) is 14.9 Å². The quantitative estimate of drug-likeness (QED) is 0.473. The molecule has 0 atom stereocenters. The zero-order chi connectivity index (χ0) is 17.1. The van der Waals surface area contributed by atoms with Gasteiger partial charge in [0.15, 0.2) is 18.1 Å². The lowest BCUT2D eigenvalue weighted by Gasteiger charge is -2.10. The summed E-state index contributed by atoms with van der Waals surface area (Å²) >= 11 is 0. The van der Waals surface area contributed by atoms with E-state index >= 15 is 0 Å². The highest BCUT2D eigenvalue weighted by Crippen LogP contribution is 2.28. The van der Waals surface area contributed by atoms with Gasteiger partial charge >= 0.3 is 5.69 Å². The molecule has 0 aromatic heterocycles. The van der Waals surface area contributed by atoms with E-state index in [1.54, 1.807) is 13.0 Å². The normalized spacial score (nSPS) is 10.4. The van der Waals surface area contributed by atoms with Crippen LogP contribution in [0.25, 0.3) is 0 Å². The number of aryl methyl sites for hydroxylation is 4. The molecule has 0 aliphatic rings. The number of ketones is 1. The van der Waals surface area contributed by atoms with Gasteiger partial charge in [0.05, 0.1) is 4.92 Å². The fraction of sp³-hybridized carbons (Fsp3) is 0.278. The van der Waals surface area contributed by atoms with Crippen LogP contribution in [0.1, 0.15) is 32.6 Å². The molecule has 2 rings (SSSR count). The third-order valence-electron chi connectivity index (χ3n) is 3.81. The van der Waals surface area contributed by atoms with Crippen molar-refractivity contribution in [3.05, 3.63) is 68.3 Å². The second-order valence-electron chi connectivity index (χ2n) is 5.69. The zero-order valence-electron chi connectivity index (χ0n) is 13.7. The lowest BCUT2D eigenvalue weighted by atomic mass is 9.98. The first-order valence-corrected chi connectivity index (χ1v) is 7.28. The van der Waals surface area contributed by atoms with E-state index in [2.05, 4.69) is 0 Å². The summed E-state index contributed by atoms with van der Waals surface area (Å²) in [4.78, 5) is 22.9. The minimum atomic E-state index is -0.506. The van der Waals surface area contributed by atoms with Crippen LogP contribution in [0, 0.1) is 37.8 Å². The van der Waals surface area contributed by atoms with E-state index in [0.29, 0.717) is 5.56 Å². The van der Waals surface area contributed by atoms with Crippen molar-refractivity contribution >= 4 is 11.5 Å². The first-order chi connectivity index (χ1) is 10.8. The zero-order valence-corrected chi connectivity index (χ0v) is 13.7. The maximum Gasteiger partial charge on any atom is 0.311 e. The van der Waals surface area contributed by atoms with Crippen molar-refractivity contribution < 1.29 is 14.5 Å². The lowest BCUT2D eigenvalue weighted by molar-refractivity contribution is -0.385. The van der Waals surface area contributed by atoms with Gasteiger partial charge in [-0.2, -0.15) is 0 Å². The number of nitrogens with zero attached hydrogens (tertiary/aromatic N) is 1. The van der Waals surface area contributed by atoms with Crippen LogP contribution in [0.2, 0.25) is 0 Å². The van der Waals surface area contributed by atoms with Gasteiger partial charge < -0.3 is 4.74 Å². The van der Waals surface area contributed by atoms with E-state index in [4.69, 9.17) is 4.74 Å². The van der Waals surface area contributed by atoms with Crippen molar-refractivity contribution in [2.75, 3.05) is 6.61 Å². The Kier molecular flexibility index (Phi) is 4.79. The molecule has 0 spiro atoms. The maximum atomic E-state index is 12.4. The molecule has 2 aromatic carbocycles. The molecule has 0 aliphatic carbocycles. The number of Topliss-reactive ketones (excluding diaryl/α,β-unsaturated/α-hetero) is 1. The Morgan fingerprint density at radius 2 is 1.70 bits per heavy atom. The number of hydrogen-bond donors (Lipinski definition) is 0. The van der Waals surface area contributed by atoms with Gasteiger partial charge in [-0.05, 0) is 62.1 Å². The highest BCUT2D eigenvalue weighted by molar-refractivity contribution is 5.98.